The molecule has 3 aromatic rings. The number of aromatic hydroxyl groups is 3. The average molecular weight is 567 g/mol. The van der Waals surface area contributed by atoms with Crippen molar-refractivity contribution in [1.29, 1.82) is 0 Å². The van der Waals surface area contributed by atoms with E-state index in [9.17, 15) is 35.4 Å². The molecule has 216 valence electrons. The van der Waals surface area contributed by atoms with Crippen molar-refractivity contribution >= 4 is 24.2 Å². The Morgan fingerprint density at radius 1 is 0.854 bits per heavy atom. The molecule has 0 amide bonds. The molecule has 0 radical (unpaired) electrons. The molecule has 1 aliphatic heterocycles. The minimum atomic E-state index is -1.68. The molecular formula is C30H30O11. The molecule has 1 aliphatic rings. The van der Waals surface area contributed by atoms with Crippen LogP contribution in [0.25, 0.3) is 18.2 Å². The number of methoxy groups -OCH3 is 1. The number of phenolic OH excluding ortho intramolecular Hbond substituents is 3. The maximum absolute atomic E-state index is 12.6. The molecule has 0 bridgehead atoms. The summed E-state index contributed by atoms with van der Waals surface area (Å²) in [5, 5.41) is 60.2. The number of aliphatic hydroxyl groups excluding tert-OH is 3. The van der Waals surface area contributed by atoms with Gasteiger partial charge in [0.05, 0.1) is 13.7 Å². The van der Waals surface area contributed by atoms with Gasteiger partial charge in [-0.3, -0.25) is 0 Å². The molecule has 0 unspecified atom stereocenters. The lowest BCUT2D eigenvalue weighted by molar-refractivity contribution is -0.281. The zero-order valence-corrected chi connectivity index (χ0v) is 21.9. The van der Waals surface area contributed by atoms with Gasteiger partial charge in [0.15, 0.2) is 17.6 Å². The van der Waals surface area contributed by atoms with Gasteiger partial charge in [-0.25, -0.2) is 4.79 Å². The highest BCUT2D eigenvalue weighted by atomic mass is 16.7. The van der Waals surface area contributed by atoms with Gasteiger partial charge < -0.3 is 49.6 Å². The van der Waals surface area contributed by atoms with E-state index in [1.807, 2.05) is 0 Å². The van der Waals surface area contributed by atoms with Crippen LogP contribution in [0.1, 0.15) is 16.7 Å². The van der Waals surface area contributed by atoms with Crippen LogP contribution >= 0.6 is 0 Å². The van der Waals surface area contributed by atoms with Crippen LogP contribution in [0.15, 0.2) is 66.7 Å². The van der Waals surface area contributed by atoms with Crippen molar-refractivity contribution in [2.24, 2.45) is 0 Å². The standard InChI is InChI=1S/C30H30O11/c1-38-24-14-18(6-10-23(24)34)7-11-26(35)41-29-28(37)27(36)25(16-31)40-30(29)39-22-13-19(12-21(33)15-22)3-2-17-4-8-20(32)9-5-17/h2-15,25,27-34,36-37H,16H2,1H3/b3-2+,11-7+/t25-,27-,28+,29-,30-/m1/s1. The van der Waals surface area contributed by atoms with Crippen LogP contribution in [-0.2, 0) is 14.3 Å². The van der Waals surface area contributed by atoms with Gasteiger partial charge in [0.1, 0.15) is 35.6 Å². The van der Waals surface area contributed by atoms with E-state index in [2.05, 4.69) is 0 Å². The molecule has 5 atom stereocenters. The molecule has 4 rings (SSSR count). The highest BCUT2D eigenvalue weighted by Crippen LogP contribution is 2.30. The van der Waals surface area contributed by atoms with Crippen molar-refractivity contribution < 1.29 is 54.4 Å². The van der Waals surface area contributed by atoms with Gasteiger partial charge in [-0.05, 0) is 59.2 Å². The van der Waals surface area contributed by atoms with Crippen LogP contribution in [0.2, 0.25) is 0 Å². The van der Waals surface area contributed by atoms with Crippen LogP contribution in [0.4, 0.5) is 0 Å². The molecule has 11 heteroatoms. The summed E-state index contributed by atoms with van der Waals surface area (Å²) >= 11 is 0. The fourth-order valence-electron chi connectivity index (χ4n) is 4.09. The summed E-state index contributed by atoms with van der Waals surface area (Å²) in [6.07, 6.45) is -1.58. The largest absolute Gasteiger partial charge is 0.508 e. The predicted molar refractivity (Wildman–Crippen MR) is 147 cm³/mol. The third kappa shape index (κ3) is 7.56. The lowest BCUT2D eigenvalue weighted by Crippen LogP contribution is -2.61. The highest BCUT2D eigenvalue weighted by molar-refractivity contribution is 5.87. The minimum absolute atomic E-state index is 0.0759. The fraction of sp³-hybridized carbons (Fsp3) is 0.233. The van der Waals surface area contributed by atoms with E-state index in [4.69, 9.17) is 18.9 Å². The Bertz CT molecular complexity index is 1400. The summed E-state index contributed by atoms with van der Waals surface area (Å²) in [4.78, 5) is 12.6. The van der Waals surface area contributed by atoms with Crippen molar-refractivity contribution in [1.82, 2.24) is 0 Å². The van der Waals surface area contributed by atoms with Crippen LogP contribution in [0, 0.1) is 0 Å². The molecule has 3 aromatic carbocycles. The molecule has 0 spiro atoms. The summed E-state index contributed by atoms with van der Waals surface area (Å²) in [6.45, 7) is -0.651. The molecule has 0 aromatic heterocycles. The highest BCUT2D eigenvalue weighted by Gasteiger charge is 2.47. The second kappa shape index (κ2) is 13.2. The van der Waals surface area contributed by atoms with E-state index >= 15 is 0 Å². The Labute approximate surface area is 235 Å². The van der Waals surface area contributed by atoms with Crippen LogP contribution in [0.3, 0.4) is 0 Å². The second-order valence-corrected chi connectivity index (χ2v) is 9.18. The van der Waals surface area contributed by atoms with Gasteiger partial charge in [-0.15, -0.1) is 0 Å². The van der Waals surface area contributed by atoms with Gasteiger partial charge in [0.2, 0.25) is 6.29 Å². The van der Waals surface area contributed by atoms with Crippen molar-refractivity contribution in [2.45, 2.75) is 30.7 Å². The van der Waals surface area contributed by atoms with Crippen LogP contribution in [-0.4, -0.2) is 81.0 Å². The van der Waals surface area contributed by atoms with Crippen LogP contribution < -0.4 is 9.47 Å². The third-order valence-corrected chi connectivity index (χ3v) is 6.22. The third-order valence-electron chi connectivity index (χ3n) is 6.22. The van der Waals surface area contributed by atoms with Gasteiger partial charge in [-0.2, -0.15) is 0 Å². The second-order valence-electron chi connectivity index (χ2n) is 9.18. The molecule has 0 aliphatic carbocycles. The summed E-state index contributed by atoms with van der Waals surface area (Å²) in [6, 6.07) is 15.2. The van der Waals surface area contributed by atoms with Crippen molar-refractivity contribution in [3.63, 3.8) is 0 Å². The van der Waals surface area contributed by atoms with Crippen molar-refractivity contribution in [2.75, 3.05) is 13.7 Å². The van der Waals surface area contributed by atoms with E-state index < -0.39 is 43.3 Å². The Hall–Kier alpha value is -4.55. The fourth-order valence-corrected chi connectivity index (χ4v) is 4.09. The van der Waals surface area contributed by atoms with Gasteiger partial charge in [0.25, 0.3) is 0 Å². The quantitative estimate of drug-likeness (QED) is 0.127. The Kier molecular flexibility index (Phi) is 9.48. The molecule has 0 saturated carbocycles. The smallest absolute Gasteiger partial charge is 0.331 e. The summed E-state index contributed by atoms with van der Waals surface area (Å²) in [5.74, 6) is -0.708. The molecule has 6 N–H and O–H groups in total. The monoisotopic (exact) mass is 566 g/mol. The first-order valence-electron chi connectivity index (χ1n) is 12.5. The number of benzene rings is 3. The van der Waals surface area contributed by atoms with E-state index in [1.165, 1.54) is 55.7 Å². The van der Waals surface area contributed by atoms with Crippen molar-refractivity contribution in [3.8, 4) is 28.7 Å². The van der Waals surface area contributed by atoms with Gasteiger partial charge in [-0.1, -0.05) is 30.4 Å². The lowest BCUT2D eigenvalue weighted by Gasteiger charge is -2.41. The number of hydrogen-bond acceptors (Lipinski definition) is 11. The van der Waals surface area contributed by atoms with Gasteiger partial charge >= 0.3 is 5.97 Å². The number of hydrogen-bond donors (Lipinski definition) is 6. The van der Waals surface area contributed by atoms with E-state index in [1.54, 1.807) is 30.4 Å². The van der Waals surface area contributed by atoms with Crippen LogP contribution in [0.5, 0.6) is 28.7 Å². The number of carbonyl (C=O) groups is 1. The topological polar surface area (TPSA) is 175 Å². The predicted octanol–water partition coefficient (Wildman–Crippen LogP) is 2.43. The Morgan fingerprint density at radius 3 is 2.27 bits per heavy atom. The zero-order chi connectivity index (χ0) is 29.5. The number of esters is 1. The maximum Gasteiger partial charge on any atom is 0.331 e. The van der Waals surface area contributed by atoms with Crippen molar-refractivity contribution in [3.05, 3.63) is 83.4 Å². The normalized spacial score (nSPS) is 22.6. The molecule has 41 heavy (non-hydrogen) atoms. The number of phenols is 3. The van der Waals surface area contributed by atoms with E-state index in [0.717, 1.165) is 11.6 Å². The first-order chi connectivity index (χ1) is 19.7. The van der Waals surface area contributed by atoms with E-state index in [0.29, 0.717) is 11.1 Å². The first-order valence-corrected chi connectivity index (χ1v) is 12.5. The molecular weight excluding hydrogens is 536 g/mol. The summed E-state index contributed by atoms with van der Waals surface area (Å²) in [7, 11) is 1.38. The zero-order valence-electron chi connectivity index (χ0n) is 21.9. The lowest BCUT2D eigenvalue weighted by atomic mass is 9.99. The molecule has 11 nitrogen and oxygen atoms in total. The number of rotatable bonds is 9. The van der Waals surface area contributed by atoms with Gasteiger partial charge in [0, 0.05) is 12.1 Å². The Morgan fingerprint density at radius 2 is 1.56 bits per heavy atom. The maximum atomic E-state index is 12.6. The minimum Gasteiger partial charge on any atom is -0.508 e. The number of aliphatic hydroxyl groups is 3. The Balaban J connectivity index is 1.52. The van der Waals surface area contributed by atoms with E-state index in [-0.39, 0.29) is 28.7 Å². The molecule has 1 saturated heterocycles. The first kappa shape index (κ1) is 29.4. The molecule has 1 heterocycles. The summed E-state index contributed by atoms with van der Waals surface area (Å²) in [5.41, 5.74) is 1.83. The average Bonchev–Trinajstić information content (AvgIpc) is 2.95. The number of carbonyl (C=O) groups excluding carboxylic acids is 1. The number of ether oxygens (including phenoxy) is 4. The summed E-state index contributed by atoms with van der Waals surface area (Å²) < 4.78 is 21.9. The molecule has 1 fully saturated rings. The SMILES string of the molecule is COc1cc(/C=C/C(=O)O[C@H]2[C@H](Oc3cc(O)cc(/C=C/c4ccc(O)cc4)c3)O[C@H](CO)[C@@H](O)[C@@H]2O)ccc1O.